The van der Waals surface area contributed by atoms with Gasteiger partial charge in [-0.2, -0.15) is 0 Å². The Hall–Kier alpha value is -1.99. The smallest absolute Gasteiger partial charge is 0.273 e. The average molecular weight is 293 g/mol. The number of nitrogens with zero attached hydrogens (tertiary/aromatic N) is 2. The minimum Gasteiger partial charge on any atom is -0.379 e. The molecule has 0 unspecified atom stereocenters. The van der Waals surface area contributed by atoms with Gasteiger partial charge in [0, 0.05) is 43.4 Å². The number of nitro groups is 1. The largest absolute Gasteiger partial charge is 0.379 e. The number of nitro benzene ring substituents is 1. The van der Waals surface area contributed by atoms with Gasteiger partial charge in [0.25, 0.3) is 11.6 Å². The summed E-state index contributed by atoms with van der Waals surface area (Å²) in [5.74, 6) is -0.286. The molecule has 1 saturated heterocycles. The van der Waals surface area contributed by atoms with Crippen LogP contribution in [0.3, 0.4) is 0 Å². The van der Waals surface area contributed by atoms with Crippen LogP contribution in [0.5, 0.6) is 0 Å². The maximum Gasteiger partial charge on any atom is 0.273 e. The molecule has 114 valence electrons. The summed E-state index contributed by atoms with van der Waals surface area (Å²) in [4.78, 5) is 24.6. The van der Waals surface area contributed by atoms with Crippen LogP contribution in [0.15, 0.2) is 18.2 Å². The average Bonchev–Trinajstić information content (AvgIpc) is 2.48. The highest BCUT2D eigenvalue weighted by molar-refractivity contribution is 5.94. The Labute approximate surface area is 123 Å². The Morgan fingerprint density at radius 2 is 2.14 bits per heavy atom. The summed E-state index contributed by atoms with van der Waals surface area (Å²) < 4.78 is 5.25. The van der Waals surface area contributed by atoms with E-state index in [0.717, 1.165) is 32.8 Å². The first kappa shape index (κ1) is 15.4. The van der Waals surface area contributed by atoms with E-state index in [9.17, 15) is 14.9 Å². The van der Waals surface area contributed by atoms with Crippen molar-refractivity contribution in [1.29, 1.82) is 0 Å². The van der Waals surface area contributed by atoms with Crippen LogP contribution < -0.4 is 5.32 Å². The molecule has 1 amide bonds. The molecule has 1 heterocycles. The zero-order valence-electron chi connectivity index (χ0n) is 12.0. The van der Waals surface area contributed by atoms with Gasteiger partial charge < -0.3 is 10.1 Å². The van der Waals surface area contributed by atoms with E-state index in [1.165, 1.54) is 6.07 Å². The first-order chi connectivity index (χ1) is 10.1. The Bertz CT molecular complexity index is 527. The summed E-state index contributed by atoms with van der Waals surface area (Å²) >= 11 is 0. The third-order valence-corrected chi connectivity index (χ3v) is 3.49. The molecule has 1 fully saturated rings. The molecule has 0 saturated carbocycles. The molecular weight excluding hydrogens is 274 g/mol. The SMILES string of the molecule is Cc1ccc(C(=O)NCCN2CCOCC2)cc1[N+](=O)[O-]. The van der Waals surface area contributed by atoms with Crippen LogP contribution in [0.1, 0.15) is 15.9 Å². The number of benzene rings is 1. The van der Waals surface area contributed by atoms with Crippen molar-refractivity contribution in [3.05, 3.63) is 39.4 Å². The number of carbonyl (C=O) groups excluding carboxylic acids is 1. The second-order valence-electron chi connectivity index (χ2n) is 4.97. The highest BCUT2D eigenvalue weighted by Gasteiger charge is 2.15. The van der Waals surface area contributed by atoms with Crippen molar-refractivity contribution in [1.82, 2.24) is 10.2 Å². The van der Waals surface area contributed by atoms with Crippen LogP contribution in [0.25, 0.3) is 0 Å². The lowest BCUT2D eigenvalue weighted by molar-refractivity contribution is -0.385. The van der Waals surface area contributed by atoms with Crippen molar-refractivity contribution < 1.29 is 14.5 Å². The topological polar surface area (TPSA) is 84.7 Å². The monoisotopic (exact) mass is 293 g/mol. The molecule has 0 aliphatic carbocycles. The molecule has 7 nitrogen and oxygen atoms in total. The lowest BCUT2D eigenvalue weighted by Crippen LogP contribution is -2.41. The molecule has 2 rings (SSSR count). The number of nitrogens with one attached hydrogen (secondary N) is 1. The van der Waals surface area contributed by atoms with Crippen LogP contribution in [-0.2, 0) is 4.74 Å². The van der Waals surface area contributed by atoms with E-state index in [0.29, 0.717) is 17.7 Å². The molecule has 0 atom stereocenters. The molecular formula is C14H19N3O4. The zero-order chi connectivity index (χ0) is 15.2. The molecule has 0 radical (unpaired) electrons. The van der Waals surface area contributed by atoms with E-state index in [1.54, 1.807) is 19.1 Å². The van der Waals surface area contributed by atoms with Crippen LogP contribution in [0.4, 0.5) is 5.69 Å². The fourth-order valence-electron chi connectivity index (χ4n) is 2.20. The molecule has 1 N–H and O–H groups in total. The molecule has 0 aromatic heterocycles. The third kappa shape index (κ3) is 4.24. The van der Waals surface area contributed by atoms with Gasteiger partial charge in [-0.15, -0.1) is 0 Å². The van der Waals surface area contributed by atoms with Gasteiger partial charge in [-0.3, -0.25) is 19.8 Å². The Morgan fingerprint density at radius 1 is 1.43 bits per heavy atom. The van der Waals surface area contributed by atoms with Crippen LogP contribution in [0, 0.1) is 17.0 Å². The van der Waals surface area contributed by atoms with E-state index in [2.05, 4.69) is 10.2 Å². The van der Waals surface area contributed by atoms with Gasteiger partial charge in [0.1, 0.15) is 0 Å². The lowest BCUT2D eigenvalue weighted by atomic mass is 10.1. The van der Waals surface area contributed by atoms with Crippen molar-refractivity contribution in [2.75, 3.05) is 39.4 Å². The second-order valence-corrected chi connectivity index (χ2v) is 4.97. The van der Waals surface area contributed by atoms with Gasteiger partial charge in [0.15, 0.2) is 0 Å². The number of rotatable bonds is 5. The van der Waals surface area contributed by atoms with Crippen molar-refractivity contribution in [3.63, 3.8) is 0 Å². The first-order valence-corrected chi connectivity index (χ1v) is 6.91. The molecule has 1 aliphatic rings. The Morgan fingerprint density at radius 3 is 2.81 bits per heavy atom. The number of hydrogen-bond acceptors (Lipinski definition) is 5. The number of aryl methyl sites for hydroxylation is 1. The van der Waals surface area contributed by atoms with Gasteiger partial charge in [-0.1, -0.05) is 6.07 Å². The summed E-state index contributed by atoms with van der Waals surface area (Å²) in [5.41, 5.74) is 0.829. The van der Waals surface area contributed by atoms with Gasteiger partial charge in [0.05, 0.1) is 18.1 Å². The third-order valence-electron chi connectivity index (χ3n) is 3.49. The van der Waals surface area contributed by atoms with Crippen LogP contribution in [0.2, 0.25) is 0 Å². The normalized spacial score (nSPS) is 15.7. The van der Waals surface area contributed by atoms with Gasteiger partial charge in [-0.25, -0.2) is 0 Å². The molecule has 21 heavy (non-hydrogen) atoms. The van der Waals surface area contributed by atoms with E-state index in [1.807, 2.05) is 0 Å². The number of carbonyl (C=O) groups is 1. The predicted octanol–water partition coefficient (Wildman–Crippen LogP) is 0.965. The summed E-state index contributed by atoms with van der Waals surface area (Å²) in [5, 5.41) is 13.7. The Kier molecular flexibility index (Phi) is 5.24. The molecule has 1 aromatic carbocycles. The lowest BCUT2D eigenvalue weighted by Gasteiger charge is -2.26. The molecule has 0 spiro atoms. The van der Waals surface area contributed by atoms with Crippen molar-refractivity contribution >= 4 is 11.6 Å². The summed E-state index contributed by atoms with van der Waals surface area (Å²) in [6.45, 7) is 6.09. The quantitative estimate of drug-likeness (QED) is 0.646. The summed E-state index contributed by atoms with van der Waals surface area (Å²) in [6.07, 6.45) is 0. The van der Waals surface area contributed by atoms with Crippen LogP contribution >= 0.6 is 0 Å². The van der Waals surface area contributed by atoms with E-state index in [-0.39, 0.29) is 11.6 Å². The molecule has 1 aromatic rings. The summed E-state index contributed by atoms with van der Waals surface area (Å²) in [6, 6.07) is 4.51. The van der Waals surface area contributed by atoms with Gasteiger partial charge in [-0.05, 0) is 13.0 Å². The number of morpholine rings is 1. The molecule has 7 heteroatoms. The predicted molar refractivity (Wildman–Crippen MR) is 77.4 cm³/mol. The highest BCUT2D eigenvalue weighted by atomic mass is 16.6. The number of ether oxygens (including phenoxy) is 1. The zero-order valence-corrected chi connectivity index (χ0v) is 12.0. The van der Waals surface area contributed by atoms with Crippen LogP contribution in [-0.4, -0.2) is 55.1 Å². The Balaban J connectivity index is 1.88. The maximum absolute atomic E-state index is 12.0. The minimum absolute atomic E-state index is 0.0316. The van der Waals surface area contributed by atoms with Gasteiger partial charge >= 0.3 is 0 Å². The fourth-order valence-corrected chi connectivity index (χ4v) is 2.20. The minimum atomic E-state index is -0.472. The van der Waals surface area contributed by atoms with Crippen molar-refractivity contribution in [2.24, 2.45) is 0 Å². The molecule has 0 bridgehead atoms. The first-order valence-electron chi connectivity index (χ1n) is 6.91. The highest BCUT2D eigenvalue weighted by Crippen LogP contribution is 2.19. The van der Waals surface area contributed by atoms with Gasteiger partial charge in [0.2, 0.25) is 0 Å². The van der Waals surface area contributed by atoms with Crippen molar-refractivity contribution in [2.45, 2.75) is 6.92 Å². The molecule has 1 aliphatic heterocycles. The summed E-state index contributed by atoms with van der Waals surface area (Å²) in [7, 11) is 0. The second kappa shape index (κ2) is 7.14. The van der Waals surface area contributed by atoms with E-state index < -0.39 is 4.92 Å². The fraction of sp³-hybridized carbons (Fsp3) is 0.500. The van der Waals surface area contributed by atoms with E-state index in [4.69, 9.17) is 4.74 Å². The standard InChI is InChI=1S/C14H19N3O4/c1-11-2-3-12(10-13(11)17(19)20)14(18)15-4-5-16-6-8-21-9-7-16/h2-3,10H,4-9H2,1H3,(H,15,18). The maximum atomic E-state index is 12.0. The van der Waals surface area contributed by atoms with Crippen molar-refractivity contribution in [3.8, 4) is 0 Å². The number of amides is 1. The van der Waals surface area contributed by atoms with E-state index >= 15 is 0 Å². The number of hydrogen-bond donors (Lipinski definition) is 1.